The Balaban J connectivity index is 2.28. The number of hydrogen-bond acceptors (Lipinski definition) is 6. The normalized spacial score (nSPS) is 11.0. The van der Waals surface area contributed by atoms with Crippen molar-refractivity contribution in [2.24, 2.45) is 0 Å². The van der Waals surface area contributed by atoms with E-state index in [1.54, 1.807) is 39.1 Å². The van der Waals surface area contributed by atoms with Crippen molar-refractivity contribution in [3.8, 4) is 10.4 Å². The molecule has 0 aromatic carbocycles. The van der Waals surface area contributed by atoms with Gasteiger partial charge in [0.25, 0.3) is 0 Å². The molecule has 0 aliphatic heterocycles. The lowest BCUT2D eigenvalue weighted by Gasteiger charge is -2.18. The van der Waals surface area contributed by atoms with Crippen LogP contribution in [-0.2, 0) is 4.74 Å². The number of aromatic nitrogens is 2. The maximum atomic E-state index is 11.7. The van der Waals surface area contributed by atoms with E-state index in [2.05, 4.69) is 15.3 Å². The lowest BCUT2D eigenvalue weighted by molar-refractivity contribution is 0.0632. The zero-order valence-electron chi connectivity index (χ0n) is 12.3. The molecule has 1 amide bonds. The molecule has 0 saturated carbocycles. The molecule has 0 bridgehead atoms. The number of carboxylic acids is 1. The van der Waals surface area contributed by atoms with Crippen molar-refractivity contribution in [3.05, 3.63) is 30.2 Å². The fourth-order valence-electron chi connectivity index (χ4n) is 1.60. The number of anilines is 1. The van der Waals surface area contributed by atoms with Gasteiger partial charge in [-0.05, 0) is 26.8 Å². The second-order valence-electron chi connectivity index (χ2n) is 5.37. The minimum absolute atomic E-state index is 0.135. The van der Waals surface area contributed by atoms with Gasteiger partial charge < -0.3 is 9.84 Å². The fourth-order valence-corrected chi connectivity index (χ4v) is 2.54. The van der Waals surface area contributed by atoms with Crippen LogP contribution in [0.15, 0.2) is 24.5 Å². The molecule has 7 nitrogen and oxygen atoms in total. The molecular formula is C14H15N3O4S. The maximum Gasteiger partial charge on any atom is 0.413 e. The van der Waals surface area contributed by atoms with E-state index in [1.807, 2.05) is 0 Å². The predicted molar refractivity (Wildman–Crippen MR) is 82.2 cm³/mol. The first-order chi connectivity index (χ1) is 10.3. The van der Waals surface area contributed by atoms with E-state index < -0.39 is 17.7 Å². The number of aromatic carboxylic acids is 1. The highest BCUT2D eigenvalue weighted by atomic mass is 32.1. The molecule has 0 atom stereocenters. The minimum Gasteiger partial charge on any atom is -0.476 e. The average Bonchev–Trinajstić information content (AvgIpc) is 2.81. The molecule has 0 unspecified atom stereocenters. The van der Waals surface area contributed by atoms with Gasteiger partial charge in [0.15, 0.2) is 10.8 Å². The number of rotatable bonds is 3. The molecule has 2 aromatic heterocycles. The van der Waals surface area contributed by atoms with Crippen LogP contribution in [-0.4, -0.2) is 32.7 Å². The summed E-state index contributed by atoms with van der Waals surface area (Å²) in [6, 6.07) is 3.42. The zero-order valence-corrected chi connectivity index (χ0v) is 13.1. The summed E-state index contributed by atoms with van der Waals surface area (Å²) in [5.74, 6) is -1.17. The molecule has 2 heterocycles. The Kier molecular flexibility index (Phi) is 4.41. The monoisotopic (exact) mass is 321 g/mol. The molecule has 2 aromatic rings. The predicted octanol–water partition coefficient (Wildman–Crippen LogP) is 3.25. The van der Waals surface area contributed by atoms with Gasteiger partial charge in [0.1, 0.15) is 5.60 Å². The van der Waals surface area contributed by atoms with Gasteiger partial charge in [0.05, 0.1) is 4.88 Å². The number of amides is 1. The smallest absolute Gasteiger partial charge is 0.413 e. The first-order valence-electron chi connectivity index (χ1n) is 6.41. The Morgan fingerprint density at radius 1 is 1.36 bits per heavy atom. The number of ether oxygens (including phenoxy) is 1. The molecule has 22 heavy (non-hydrogen) atoms. The third-order valence-electron chi connectivity index (χ3n) is 2.36. The van der Waals surface area contributed by atoms with Crippen molar-refractivity contribution in [2.45, 2.75) is 26.4 Å². The number of nitrogens with one attached hydrogen (secondary N) is 1. The van der Waals surface area contributed by atoms with Crippen LogP contribution in [0.2, 0.25) is 0 Å². The van der Waals surface area contributed by atoms with Crippen LogP contribution >= 0.6 is 11.3 Å². The number of carboxylic acid groups (broad SMARTS) is 1. The van der Waals surface area contributed by atoms with E-state index >= 15 is 0 Å². The van der Waals surface area contributed by atoms with E-state index in [1.165, 1.54) is 6.20 Å². The van der Waals surface area contributed by atoms with Crippen LogP contribution in [0.3, 0.4) is 0 Å². The SMILES string of the molecule is CC(C)(C)OC(=O)Nc1nc(C(=O)O)c(-c2cccnc2)s1. The number of pyridine rings is 1. The lowest BCUT2D eigenvalue weighted by Crippen LogP contribution is -2.27. The molecular weight excluding hydrogens is 306 g/mol. The summed E-state index contributed by atoms with van der Waals surface area (Å²) in [5.41, 5.74) is -0.165. The summed E-state index contributed by atoms with van der Waals surface area (Å²) in [6.07, 6.45) is 2.44. The second-order valence-corrected chi connectivity index (χ2v) is 6.37. The van der Waals surface area contributed by atoms with E-state index in [-0.39, 0.29) is 10.8 Å². The van der Waals surface area contributed by atoms with Gasteiger partial charge in [-0.15, -0.1) is 0 Å². The van der Waals surface area contributed by atoms with Gasteiger partial charge in [-0.3, -0.25) is 10.3 Å². The number of hydrogen-bond donors (Lipinski definition) is 2. The number of thiazole rings is 1. The average molecular weight is 321 g/mol. The van der Waals surface area contributed by atoms with E-state index in [0.717, 1.165) is 11.3 Å². The molecule has 0 radical (unpaired) electrons. The van der Waals surface area contributed by atoms with Gasteiger partial charge in [0.2, 0.25) is 0 Å². The first kappa shape index (κ1) is 15.9. The largest absolute Gasteiger partial charge is 0.476 e. The second kappa shape index (κ2) is 6.10. The minimum atomic E-state index is -1.17. The van der Waals surface area contributed by atoms with Crippen molar-refractivity contribution < 1.29 is 19.4 Å². The van der Waals surface area contributed by atoms with Crippen molar-refractivity contribution in [2.75, 3.05) is 5.32 Å². The summed E-state index contributed by atoms with van der Waals surface area (Å²) in [7, 11) is 0. The van der Waals surface area contributed by atoms with Crippen LogP contribution in [0.4, 0.5) is 9.93 Å². The molecule has 0 saturated heterocycles. The summed E-state index contributed by atoms with van der Waals surface area (Å²) >= 11 is 1.05. The topological polar surface area (TPSA) is 101 Å². The van der Waals surface area contributed by atoms with Crippen LogP contribution in [0.25, 0.3) is 10.4 Å². The van der Waals surface area contributed by atoms with Crippen LogP contribution in [0.5, 0.6) is 0 Å². The summed E-state index contributed by atoms with van der Waals surface area (Å²) < 4.78 is 5.11. The number of carbonyl (C=O) groups is 2. The number of carbonyl (C=O) groups excluding carboxylic acids is 1. The third kappa shape index (κ3) is 4.01. The Labute approximate surface area is 131 Å². The van der Waals surface area contributed by atoms with Crippen LogP contribution in [0.1, 0.15) is 31.3 Å². The highest BCUT2D eigenvalue weighted by Crippen LogP contribution is 2.32. The molecule has 2 N–H and O–H groups in total. The van der Waals surface area contributed by atoms with Gasteiger partial charge >= 0.3 is 12.1 Å². The van der Waals surface area contributed by atoms with E-state index in [4.69, 9.17) is 4.74 Å². The molecule has 2 rings (SSSR count). The first-order valence-corrected chi connectivity index (χ1v) is 7.22. The molecule has 8 heteroatoms. The van der Waals surface area contributed by atoms with Gasteiger partial charge in [0, 0.05) is 18.0 Å². The molecule has 0 aliphatic carbocycles. The van der Waals surface area contributed by atoms with Gasteiger partial charge in [-0.2, -0.15) is 0 Å². The molecule has 0 spiro atoms. The maximum absolute atomic E-state index is 11.7. The Bertz CT molecular complexity index is 692. The van der Waals surface area contributed by atoms with Crippen LogP contribution < -0.4 is 5.32 Å². The standard InChI is InChI=1S/C14H15N3O4S/c1-14(2,3)21-13(20)17-12-16-9(11(18)19)10(22-12)8-5-4-6-15-7-8/h4-7H,1-3H3,(H,18,19)(H,16,17,20). The lowest BCUT2D eigenvalue weighted by atomic mass is 10.2. The van der Waals surface area contributed by atoms with E-state index in [0.29, 0.717) is 10.4 Å². The summed E-state index contributed by atoms with van der Waals surface area (Å²) in [4.78, 5) is 31.3. The highest BCUT2D eigenvalue weighted by molar-refractivity contribution is 7.19. The Morgan fingerprint density at radius 2 is 2.09 bits per heavy atom. The van der Waals surface area contributed by atoms with Crippen molar-refractivity contribution >= 4 is 28.5 Å². The molecule has 0 aliphatic rings. The molecule has 116 valence electrons. The van der Waals surface area contributed by atoms with Gasteiger partial charge in [-0.25, -0.2) is 14.6 Å². The Hall–Kier alpha value is -2.48. The van der Waals surface area contributed by atoms with E-state index in [9.17, 15) is 14.7 Å². The molecule has 0 fully saturated rings. The van der Waals surface area contributed by atoms with Crippen molar-refractivity contribution in [1.29, 1.82) is 0 Å². The fraction of sp³-hybridized carbons (Fsp3) is 0.286. The van der Waals surface area contributed by atoms with Crippen molar-refractivity contribution in [3.63, 3.8) is 0 Å². The van der Waals surface area contributed by atoms with Gasteiger partial charge in [-0.1, -0.05) is 17.4 Å². The summed E-state index contributed by atoms with van der Waals surface area (Å²) in [6.45, 7) is 5.20. The van der Waals surface area contributed by atoms with Crippen molar-refractivity contribution in [1.82, 2.24) is 9.97 Å². The number of nitrogens with zero attached hydrogens (tertiary/aromatic N) is 2. The Morgan fingerprint density at radius 3 is 2.64 bits per heavy atom. The van der Waals surface area contributed by atoms with Crippen LogP contribution in [0, 0.1) is 0 Å². The third-order valence-corrected chi connectivity index (χ3v) is 3.38. The zero-order chi connectivity index (χ0) is 16.3. The summed E-state index contributed by atoms with van der Waals surface area (Å²) in [5, 5.41) is 11.8. The highest BCUT2D eigenvalue weighted by Gasteiger charge is 2.22. The quantitative estimate of drug-likeness (QED) is 0.899.